The molecule has 13 heteroatoms. The van der Waals surface area contributed by atoms with Crippen LogP contribution in [-0.2, 0) is 20.1 Å². The highest BCUT2D eigenvalue weighted by Crippen LogP contribution is 2.16. The second-order valence-electron chi connectivity index (χ2n) is 6.12. The number of benzene rings is 2. The van der Waals surface area contributed by atoms with Crippen molar-refractivity contribution in [2.24, 2.45) is 5.14 Å². The van der Waals surface area contributed by atoms with Gasteiger partial charge >= 0.3 is 0 Å². The standard InChI is InChI=1S/C7H10N2O2S.C7H9NO3S.C3H7ClN.ClH/c2*1-5-4-6(12(9,10)11)2-3-7(5)8;1-5(2)3-4;/h2-4H,8H2,1H3,(H2,9,10,11);2-4H,8H2,1H3,(H,9,10,11);3H,1-2H3;1H/q;;+1;/p-1. The number of aryl methyl sites for hydroxylation is 2. The molecule has 0 spiro atoms. The third kappa shape index (κ3) is 11.3. The number of primary sulfonamides is 1. The van der Waals surface area contributed by atoms with Crippen LogP contribution in [0.4, 0.5) is 11.4 Å². The van der Waals surface area contributed by atoms with Gasteiger partial charge in [-0.2, -0.15) is 8.42 Å². The van der Waals surface area contributed by atoms with Crippen LogP contribution in [-0.4, -0.2) is 45.7 Å². The Labute approximate surface area is 188 Å². The summed E-state index contributed by atoms with van der Waals surface area (Å²) in [6.45, 7) is 3.40. The minimum atomic E-state index is -4.10. The fraction of sp³-hybridized carbons (Fsp3) is 0.235. The summed E-state index contributed by atoms with van der Waals surface area (Å²) in [7, 11) is -3.96. The Bertz CT molecular complexity index is 1010. The summed E-state index contributed by atoms with van der Waals surface area (Å²) in [5.41, 5.74) is 14.8. The molecule has 170 valence electrons. The number of anilines is 2. The van der Waals surface area contributed by atoms with Gasteiger partial charge in [0.05, 0.1) is 9.79 Å². The topological polar surface area (TPSA) is 170 Å². The van der Waals surface area contributed by atoms with E-state index in [1.807, 2.05) is 14.1 Å². The largest absolute Gasteiger partial charge is 1.00 e. The van der Waals surface area contributed by atoms with Crippen molar-refractivity contribution in [3.05, 3.63) is 47.5 Å². The van der Waals surface area contributed by atoms with Crippen LogP contribution in [0.25, 0.3) is 0 Å². The van der Waals surface area contributed by atoms with Crippen molar-refractivity contribution in [1.29, 1.82) is 0 Å². The van der Waals surface area contributed by atoms with Gasteiger partial charge in [-0.3, -0.25) is 4.55 Å². The third-order valence-electron chi connectivity index (χ3n) is 3.30. The number of sulfonamides is 1. The van der Waals surface area contributed by atoms with E-state index in [4.69, 9.17) is 32.8 Å². The van der Waals surface area contributed by atoms with E-state index in [-0.39, 0.29) is 22.2 Å². The number of hydrogen-bond acceptors (Lipinski definition) is 6. The molecule has 0 aromatic heterocycles. The van der Waals surface area contributed by atoms with Crippen molar-refractivity contribution in [1.82, 2.24) is 0 Å². The van der Waals surface area contributed by atoms with E-state index in [1.54, 1.807) is 18.4 Å². The molecule has 0 atom stereocenters. The molecule has 9 nitrogen and oxygen atoms in total. The molecule has 0 aliphatic carbocycles. The molecule has 0 aliphatic rings. The van der Waals surface area contributed by atoms with Crippen LogP contribution in [0.1, 0.15) is 11.1 Å². The van der Waals surface area contributed by atoms with Crippen LogP contribution >= 0.6 is 11.6 Å². The Balaban J connectivity index is 0. The van der Waals surface area contributed by atoms with E-state index in [2.05, 4.69) is 0 Å². The second-order valence-corrected chi connectivity index (χ2v) is 9.30. The maximum absolute atomic E-state index is 10.8. The van der Waals surface area contributed by atoms with Crippen molar-refractivity contribution in [3.63, 3.8) is 0 Å². The van der Waals surface area contributed by atoms with Crippen molar-refractivity contribution >= 4 is 48.8 Å². The lowest BCUT2D eigenvalue weighted by molar-refractivity contribution is -0.457. The summed E-state index contributed by atoms with van der Waals surface area (Å²) < 4.78 is 53.3. The molecule has 0 saturated heterocycles. The zero-order chi connectivity index (χ0) is 23.0. The SMILES string of the molecule is C[N+](C)=CCl.Cc1cc(S(=O)(=O)O)ccc1N.Cc1cc(S(N)(=O)=O)ccc1N.[Cl-]. The molecule has 0 radical (unpaired) electrons. The lowest BCUT2D eigenvalue weighted by Gasteiger charge is -2.01. The average Bonchev–Trinajstić information content (AvgIpc) is 2.59. The quantitative estimate of drug-likeness (QED) is 0.169. The maximum atomic E-state index is 10.8. The number of rotatable bonds is 2. The summed E-state index contributed by atoms with van der Waals surface area (Å²) in [6, 6.07) is 8.39. The predicted molar refractivity (Wildman–Crippen MR) is 116 cm³/mol. The van der Waals surface area contributed by atoms with E-state index >= 15 is 0 Å². The fourth-order valence-corrected chi connectivity index (χ4v) is 2.80. The molecular weight excluding hydrogens is 475 g/mol. The fourth-order valence-electron chi connectivity index (χ4n) is 1.63. The van der Waals surface area contributed by atoms with E-state index in [0.29, 0.717) is 22.5 Å². The van der Waals surface area contributed by atoms with Crippen LogP contribution in [0.3, 0.4) is 0 Å². The van der Waals surface area contributed by atoms with Gasteiger partial charge < -0.3 is 23.9 Å². The molecule has 2 aromatic rings. The van der Waals surface area contributed by atoms with Gasteiger partial charge in [0.1, 0.15) is 14.1 Å². The van der Waals surface area contributed by atoms with Crippen LogP contribution in [0.2, 0.25) is 0 Å². The van der Waals surface area contributed by atoms with Crippen LogP contribution in [0.5, 0.6) is 0 Å². The summed E-state index contributed by atoms with van der Waals surface area (Å²) in [5, 5.41) is 4.91. The van der Waals surface area contributed by atoms with Crippen molar-refractivity contribution in [2.75, 3.05) is 25.6 Å². The van der Waals surface area contributed by atoms with Crippen molar-refractivity contribution < 1.29 is 38.4 Å². The molecule has 0 aliphatic heterocycles. The minimum absolute atomic E-state index is 0. The molecule has 0 amide bonds. The number of nitrogens with two attached hydrogens (primary N) is 3. The van der Waals surface area contributed by atoms with Gasteiger partial charge in [-0.05, 0) is 73.0 Å². The van der Waals surface area contributed by atoms with Crippen LogP contribution < -0.4 is 29.0 Å². The van der Waals surface area contributed by atoms with E-state index in [1.165, 1.54) is 42.1 Å². The summed E-state index contributed by atoms with van der Waals surface area (Å²) in [6.07, 6.45) is 0. The lowest BCUT2D eigenvalue weighted by Crippen LogP contribution is -3.00. The van der Waals surface area contributed by atoms with Gasteiger partial charge in [0.25, 0.3) is 10.1 Å². The first-order chi connectivity index (χ1) is 13.1. The second kappa shape index (κ2) is 12.7. The maximum Gasteiger partial charge on any atom is 0.294 e. The Morgan fingerprint density at radius 3 is 1.50 bits per heavy atom. The molecule has 7 N–H and O–H groups in total. The predicted octanol–water partition coefficient (Wildman–Crippen LogP) is -1.42. The smallest absolute Gasteiger partial charge is 0.294 e. The van der Waals surface area contributed by atoms with Crippen LogP contribution in [0, 0.1) is 13.8 Å². The summed E-state index contributed by atoms with van der Waals surface area (Å²) >= 11 is 5.14. The average molecular weight is 501 g/mol. The Morgan fingerprint density at radius 2 is 1.23 bits per heavy atom. The van der Waals surface area contributed by atoms with Gasteiger partial charge in [-0.1, -0.05) is 0 Å². The van der Waals surface area contributed by atoms with E-state index in [9.17, 15) is 16.8 Å². The number of nitrogens with zero attached hydrogens (tertiary/aromatic N) is 1. The zero-order valence-corrected chi connectivity index (χ0v) is 20.0. The van der Waals surface area contributed by atoms with Gasteiger partial charge in [0.15, 0.2) is 0 Å². The minimum Gasteiger partial charge on any atom is -1.00 e. The van der Waals surface area contributed by atoms with Crippen LogP contribution in [0.15, 0.2) is 46.2 Å². The summed E-state index contributed by atoms with van der Waals surface area (Å²) in [5.74, 6) is 0. The Kier molecular flexibility index (Phi) is 12.9. The first kappa shape index (κ1) is 30.3. The first-order valence-corrected chi connectivity index (χ1v) is 11.3. The molecule has 30 heavy (non-hydrogen) atoms. The zero-order valence-electron chi connectivity index (χ0n) is 16.9. The van der Waals surface area contributed by atoms with Gasteiger partial charge in [0.2, 0.25) is 15.7 Å². The molecule has 0 heterocycles. The lowest BCUT2D eigenvalue weighted by atomic mass is 10.2. The number of halogens is 2. The monoisotopic (exact) mass is 500 g/mol. The first-order valence-electron chi connectivity index (χ1n) is 7.92. The molecule has 0 bridgehead atoms. The summed E-state index contributed by atoms with van der Waals surface area (Å²) in [4.78, 5) is -0.0385. The van der Waals surface area contributed by atoms with Crippen molar-refractivity contribution in [2.45, 2.75) is 23.6 Å². The Morgan fingerprint density at radius 1 is 0.900 bits per heavy atom. The third-order valence-corrected chi connectivity index (χ3v) is 5.46. The number of nitrogen functional groups attached to an aromatic ring is 2. The molecule has 2 rings (SSSR count). The van der Waals surface area contributed by atoms with Gasteiger partial charge in [0, 0.05) is 11.4 Å². The van der Waals surface area contributed by atoms with Crippen molar-refractivity contribution in [3.8, 4) is 0 Å². The van der Waals surface area contributed by atoms with E-state index in [0.717, 1.165) is 0 Å². The number of hydrogen-bond donors (Lipinski definition) is 4. The molecule has 2 aromatic carbocycles. The molecule has 0 saturated carbocycles. The molecule has 0 unspecified atom stereocenters. The van der Waals surface area contributed by atoms with Gasteiger partial charge in [-0.25, -0.2) is 18.1 Å². The highest BCUT2D eigenvalue weighted by molar-refractivity contribution is 7.89. The van der Waals surface area contributed by atoms with Gasteiger partial charge in [-0.15, -0.1) is 0 Å². The highest BCUT2D eigenvalue weighted by Gasteiger charge is 2.09. The molecular formula is C17H26Cl2N4O5S2. The Hall–Kier alpha value is -1.89. The molecule has 0 fully saturated rings. The normalized spacial score (nSPS) is 10.4. The highest BCUT2D eigenvalue weighted by atomic mass is 35.5. The van der Waals surface area contributed by atoms with E-state index < -0.39 is 20.1 Å².